The molecular formula is C20H24ClN2OS+. The van der Waals surface area contributed by atoms with Gasteiger partial charge in [-0.05, 0) is 17.7 Å². The second-order valence-corrected chi connectivity index (χ2v) is 7.96. The molecule has 1 unspecified atom stereocenters. The van der Waals surface area contributed by atoms with E-state index in [1.807, 2.05) is 30.3 Å². The number of nitrogens with one attached hydrogen (secondary N) is 2. The SMILES string of the molecule is O=C(CSCc1ccc(Cl)cc1)N[C@@H]1CC[NH+](Cc2ccccc2)C1. The van der Waals surface area contributed by atoms with Gasteiger partial charge in [-0.15, -0.1) is 11.8 Å². The molecule has 0 bridgehead atoms. The zero-order valence-corrected chi connectivity index (χ0v) is 15.8. The molecule has 1 aliphatic rings. The maximum absolute atomic E-state index is 12.1. The van der Waals surface area contributed by atoms with Gasteiger partial charge in [0.25, 0.3) is 0 Å². The number of benzene rings is 2. The first kappa shape index (κ1) is 18.3. The molecule has 1 heterocycles. The van der Waals surface area contributed by atoms with E-state index < -0.39 is 0 Å². The summed E-state index contributed by atoms with van der Waals surface area (Å²) >= 11 is 7.53. The third kappa shape index (κ3) is 6.07. The summed E-state index contributed by atoms with van der Waals surface area (Å²) in [4.78, 5) is 13.7. The standard InChI is InChI=1S/C20H23ClN2OS/c21-18-8-6-17(7-9-18)14-25-15-20(24)22-19-10-11-23(13-19)12-16-4-2-1-3-5-16/h1-9,19H,10-15H2,(H,22,24)/p+1/t19-/m1/s1. The van der Waals surface area contributed by atoms with Gasteiger partial charge in [-0.2, -0.15) is 0 Å². The average Bonchev–Trinajstić information content (AvgIpc) is 3.04. The summed E-state index contributed by atoms with van der Waals surface area (Å²) in [5.74, 6) is 1.48. The minimum Gasteiger partial charge on any atom is -0.347 e. The lowest BCUT2D eigenvalue weighted by Gasteiger charge is -2.14. The topological polar surface area (TPSA) is 33.5 Å². The van der Waals surface area contributed by atoms with Gasteiger partial charge in [-0.3, -0.25) is 4.79 Å². The van der Waals surface area contributed by atoms with Crippen LogP contribution in [0, 0.1) is 0 Å². The number of carbonyl (C=O) groups is 1. The molecule has 2 aromatic carbocycles. The van der Waals surface area contributed by atoms with Crippen LogP contribution in [-0.2, 0) is 17.1 Å². The minimum absolute atomic E-state index is 0.143. The van der Waals surface area contributed by atoms with Crippen LogP contribution < -0.4 is 10.2 Å². The molecule has 2 atom stereocenters. The number of carbonyl (C=O) groups excluding carboxylic acids is 1. The van der Waals surface area contributed by atoms with Gasteiger partial charge in [0.15, 0.2) is 0 Å². The van der Waals surface area contributed by atoms with Crippen molar-refractivity contribution in [1.29, 1.82) is 0 Å². The molecule has 3 nitrogen and oxygen atoms in total. The molecule has 1 fully saturated rings. The van der Waals surface area contributed by atoms with Crippen LogP contribution in [0.15, 0.2) is 54.6 Å². The second-order valence-electron chi connectivity index (χ2n) is 6.54. The van der Waals surface area contributed by atoms with Crippen LogP contribution in [0.5, 0.6) is 0 Å². The Labute approximate surface area is 158 Å². The smallest absolute Gasteiger partial charge is 0.230 e. The summed E-state index contributed by atoms with van der Waals surface area (Å²) in [6.45, 7) is 3.18. The van der Waals surface area contributed by atoms with Gasteiger partial charge >= 0.3 is 0 Å². The van der Waals surface area contributed by atoms with E-state index in [0.29, 0.717) is 11.8 Å². The summed E-state index contributed by atoms with van der Waals surface area (Å²) in [6, 6.07) is 18.7. The third-order valence-corrected chi connectivity index (χ3v) is 5.71. The van der Waals surface area contributed by atoms with Crippen molar-refractivity contribution in [2.75, 3.05) is 18.8 Å². The first-order valence-electron chi connectivity index (χ1n) is 8.68. The second kappa shape index (κ2) is 9.27. The highest BCUT2D eigenvalue weighted by Gasteiger charge is 2.27. The summed E-state index contributed by atoms with van der Waals surface area (Å²) in [7, 11) is 0. The molecule has 0 spiro atoms. The molecule has 132 valence electrons. The molecule has 25 heavy (non-hydrogen) atoms. The number of hydrogen-bond donors (Lipinski definition) is 2. The van der Waals surface area contributed by atoms with E-state index in [-0.39, 0.29) is 5.91 Å². The van der Waals surface area contributed by atoms with Crippen molar-refractivity contribution in [1.82, 2.24) is 5.32 Å². The van der Waals surface area contributed by atoms with Crippen LogP contribution in [0.1, 0.15) is 17.5 Å². The Hall–Kier alpha value is -1.49. The lowest BCUT2D eigenvalue weighted by molar-refractivity contribution is -0.901. The molecule has 3 rings (SSSR count). The molecule has 5 heteroatoms. The third-order valence-electron chi connectivity index (χ3n) is 4.46. The van der Waals surface area contributed by atoms with E-state index in [9.17, 15) is 4.79 Å². The van der Waals surface area contributed by atoms with Crippen molar-refractivity contribution in [3.05, 3.63) is 70.7 Å². The maximum Gasteiger partial charge on any atom is 0.230 e. The predicted molar refractivity (Wildman–Crippen MR) is 105 cm³/mol. The van der Waals surface area contributed by atoms with E-state index in [4.69, 9.17) is 11.6 Å². The van der Waals surface area contributed by atoms with Crippen LogP contribution in [-0.4, -0.2) is 30.8 Å². The fourth-order valence-electron chi connectivity index (χ4n) is 3.21. The number of amides is 1. The van der Waals surface area contributed by atoms with E-state index in [1.165, 1.54) is 11.1 Å². The molecule has 0 aliphatic carbocycles. The molecule has 2 N–H and O–H groups in total. The van der Waals surface area contributed by atoms with Gasteiger partial charge < -0.3 is 10.2 Å². The van der Waals surface area contributed by atoms with Gasteiger partial charge in [0.1, 0.15) is 6.54 Å². The van der Waals surface area contributed by atoms with Crippen LogP contribution in [0.25, 0.3) is 0 Å². The number of quaternary nitrogens is 1. The highest BCUT2D eigenvalue weighted by Crippen LogP contribution is 2.15. The zero-order chi connectivity index (χ0) is 17.5. The quantitative estimate of drug-likeness (QED) is 0.779. The van der Waals surface area contributed by atoms with Gasteiger partial charge in [0.05, 0.1) is 24.9 Å². The Morgan fingerprint density at radius 1 is 1.12 bits per heavy atom. The maximum atomic E-state index is 12.1. The van der Waals surface area contributed by atoms with Crippen LogP contribution >= 0.6 is 23.4 Å². The Balaban J connectivity index is 1.35. The van der Waals surface area contributed by atoms with Crippen molar-refractivity contribution in [2.45, 2.75) is 24.8 Å². The number of likely N-dealkylation sites (tertiary alicyclic amines) is 1. The number of thioether (sulfide) groups is 1. The van der Waals surface area contributed by atoms with Crippen LogP contribution in [0.2, 0.25) is 5.02 Å². The minimum atomic E-state index is 0.143. The molecule has 2 aromatic rings. The Bertz CT molecular complexity index is 678. The van der Waals surface area contributed by atoms with Gasteiger partial charge in [-0.25, -0.2) is 0 Å². The van der Waals surface area contributed by atoms with Crippen molar-refractivity contribution in [2.24, 2.45) is 0 Å². The zero-order valence-electron chi connectivity index (χ0n) is 14.2. The van der Waals surface area contributed by atoms with Gasteiger partial charge in [-0.1, -0.05) is 54.1 Å². The molecule has 0 aromatic heterocycles. The lowest BCUT2D eigenvalue weighted by atomic mass is 10.2. The van der Waals surface area contributed by atoms with E-state index in [0.717, 1.165) is 36.8 Å². The van der Waals surface area contributed by atoms with Crippen molar-refractivity contribution in [3.63, 3.8) is 0 Å². The first-order valence-corrected chi connectivity index (χ1v) is 10.2. The van der Waals surface area contributed by atoms with Gasteiger partial charge in [0, 0.05) is 22.8 Å². The number of rotatable bonds is 7. The molecule has 1 amide bonds. The summed E-state index contributed by atoms with van der Waals surface area (Å²) in [6.07, 6.45) is 1.07. The van der Waals surface area contributed by atoms with Crippen molar-refractivity contribution >= 4 is 29.3 Å². The summed E-state index contributed by atoms with van der Waals surface area (Å²) in [5.41, 5.74) is 2.56. The molecule has 0 radical (unpaired) electrons. The normalized spacial score (nSPS) is 19.7. The largest absolute Gasteiger partial charge is 0.347 e. The Kier molecular flexibility index (Phi) is 6.79. The summed E-state index contributed by atoms with van der Waals surface area (Å²) in [5, 5.41) is 3.93. The monoisotopic (exact) mass is 375 g/mol. The average molecular weight is 376 g/mol. The fraction of sp³-hybridized carbons (Fsp3) is 0.350. The number of halogens is 1. The van der Waals surface area contributed by atoms with Crippen molar-refractivity contribution < 1.29 is 9.69 Å². The van der Waals surface area contributed by atoms with E-state index in [2.05, 4.69) is 29.6 Å². The Morgan fingerprint density at radius 2 is 1.88 bits per heavy atom. The fourth-order valence-corrected chi connectivity index (χ4v) is 4.14. The molecule has 0 saturated carbocycles. The van der Waals surface area contributed by atoms with E-state index >= 15 is 0 Å². The summed E-state index contributed by atoms with van der Waals surface area (Å²) < 4.78 is 0. The van der Waals surface area contributed by atoms with Gasteiger partial charge in [0.2, 0.25) is 5.91 Å². The lowest BCUT2D eigenvalue weighted by Crippen LogP contribution is -3.09. The number of hydrogen-bond acceptors (Lipinski definition) is 2. The first-order chi connectivity index (χ1) is 12.2. The van der Waals surface area contributed by atoms with Crippen molar-refractivity contribution in [3.8, 4) is 0 Å². The van der Waals surface area contributed by atoms with Crippen LogP contribution in [0.3, 0.4) is 0 Å². The van der Waals surface area contributed by atoms with Crippen LogP contribution in [0.4, 0.5) is 0 Å². The Morgan fingerprint density at radius 3 is 2.64 bits per heavy atom. The highest BCUT2D eigenvalue weighted by molar-refractivity contribution is 7.99. The molecule has 1 aliphatic heterocycles. The predicted octanol–water partition coefficient (Wildman–Crippen LogP) is 2.55. The molecular weight excluding hydrogens is 352 g/mol. The molecule has 1 saturated heterocycles. The van der Waals surface area contributed by atoms with E-state index in [1.54, 1.807) is 16.7 Å². The highest BCUT2D eigenvalue weighted by atomic mass is 35.5.